The topological polar surface area (TPSA) is 96.0 Å². The van der Waals surface area contributed by atoms with E-state index < -0.39 is 40.3 Å². The molecule has 1 aromatic rings. The summed E-state index contributed by atoms with van der Waals surface area (Å²) in [5.41, 5.74) is -2.26. The molecule has 0 heterocycles. The number of carbonyl (C=O) groups is 4. The van der Waals surface area contributed by atoms with Crippen molar-refractivity contribution in [3.63, 3.8) is 0 Å². The monoisotopic (exact) mass is 390 g/mol. The van der Waals surface area contributed by atoms with E-state index in [2.05, 4.69) is 0 Å². The number of esters is 4. The summed E-state index contributed by atoms with van der Waals surface area (Å²) in [7, 11) is 1.25. The summed E-state index contributed by atoms with van der Waals surface area (Å²) in [4.78, 5) is 49.5. The Morgan fingerprint density at radius 1 is 0.714 bits per heavy atom. The van der Waals surface area contributed by atoms with Crippen LogP contribution in [0.25, 0.3) is 5.76 Å². The van der Waals surface area contributed by atoms with Gasteiger partial charge in [0.15, 0.2) is 5.57 Å². The first-order valence-electron chi connectivity index (χ1n) is 8.66. The summed E-state index contributed by atoms with van der Waals surface area (Å²) < 4.78 is 14.9. The third-order valence-corrected chi connectivity index (χ3v) is 3.47. The molecule has 7 nitrogen and oxygen atoms in total. The molecule has 0 atom stereocenters. The molecule has 0 radical (unpaired) electrons. The highest BCUT2D eigenvalue weighted by Crippen LogP contribution is 2.25. The zero-order valence-corrected chi connectivity index (χ0v) is 17.2. The molecule has 0 saturated heterocycles. The van der Waals surface area contributed by atoms with Gasteiger partial charge in [-0.3, -0.25) is 9.59 Å². The van der Waals surface area contributed by atoms with Crippen molar-refractivity contribution in [3.8, 4) is 0 Å². The molecular weight excluding hydrogens is 364 g/mol. The summed E-state index contributed by atoms with van der Waals surface area (Å²) in [5.74, 6) is -4.36. The molecule has 7 heteroatoms. The molecule has 1 rings (SSSR count). The quantitative estimate of drug-likeness (QED) is 0.256. The Labute approximate surface area is 164 Å². The molecule has 0 fully saturated rings. The van der Waals surface area contributed by atoms with E-state index in [0.29, 0.717) is 5.56 Å². The fraction of sp³-hybridized carbons (Fsp3) is 0.429. The van der Waals surface area contributed by atoms with Gasteiger partial charge in [-0.15, -0.1) is 0 Å². The van der Waals surface area contributed by atoms with E-state index >= 15 is 0 Å². The fourth-order valence-electron chi connectivity index (χ4n) is 1.80. The van der Waals surface area contributed by atoms with Gasteiger partial charge in [0.2, 0.25) is 0 Å². The number of ether oxygens (including phenoxy) is 3. The SMILES string of the molecule is COC(=C(C(=O)OC(=O)C(C)(C)C)C(=O)OC(=O)C(C)(C)C)c1ccccc1. The fourth-order valence-corrected chi connectivity index (χ4v) is 1.80. The minimum absolute atomic E-state index is 0.168. The molecule has 0 aliphatic carbocycles. The van der Waals surface area contributed by atoms with Crippen molar-refractivity contribution in [1.82, 2.24) is 0 Å². The second-order valence-corrected chi connectivity index (χ2v) is 8.13. The number of methoxy groups -OCH3 is 1. The minimum atomic E-state index is -1.26. The Hall–Kier alpha value is -2.96. The summed E-state index contributed by atoms with van der Waals surface area (Å²) in [6.45, 7) is 9.34. The Morgan fingerprint density at radius 2 is 1.11 bits per heavy atom. The van der Waals surface area contributed by atoms with Gasteiger partial charge < -0.3 is 14.2 Å². The van der Waals surface area contributed by atoms with Crippen LogP contribution in [-0.2, 0) is 33.4 Å². The Morgan fingerprint density at radius 3 is 1.43 bits per heavy atom. The first-order valence-corrected chi connectivity index (χ1v) is 8.66. The molecule has 0 bridgehead atoms. The summed E-state index contributed by atoms with van der Waals surface area (Å²) >= 11 is 0. The maximum absolute atomic E-state index is 12.7. The zero-order chi connectivity index (χ0) is 21.7. The minimum Gasteiger partial charge on any atom is -0.495 e. The number of hydrogen-bond donors (Lipinski definition) is 0. The predicted octanol–water partition coefficient (Wildman–Crippen LogP) is 3.28. The van der Waals surface area contributed by atoms with Crippen LogP contribution in [-0.4, -0.2) is 31.0 Å². The van der Waals surface area contributed by atoms with Crippen LogP contribution in [0.5, 0.6) is 0 Å². The largest absolute Gasteiger partial charge is 0.495 e. The molecule has 28 heavy (non-hydrogen) atoms. The molecule has 152 valence electrons. The second-order valence-electron chi connectivity index (χ2n) is 8.13. The summed E-state index contributed by atoms with van der Waals surface area (Å²) in [6.07, 6.45) is 0. The Balaban J connectivity index is 3.44. The Bertz CT molecular complexity index is 748. The smallest absolute Gasteiger partial charge is 0.357 e. The number of hydrogen-bond acceptors (Lipinski definition) is 7. The van der Waals surface area contributed by atoms with E-state index in [0.717, 1.165) is 0 Å². The molecule has 0 unspecified atom stereocenters. The molecule has 0 amide bonds. The molecule has 0 aliphatic heterocycles. The van der Waals surface area contributed by atoms with Gasteiger partial charge in [0, 0.05) is 5.56 Å². The average Bonchev–Trinajstić information content (AvgIpc) is 2.58. The van der Waals surface area contributed by atoms with Gasteiger partial charge in [0.1, 0.15) is 5.76 Å². The maximum Gasteiger partial charge on any atom is 0.357 e. The number of rotatable bonds is 4. The lowest BCUT2D eigenvalue weighted by Crippen LogP contribution is -2.32. The Kier molecular flexibility index (Phi) is 7.27. The summed E-state index contributed by atoms with van der Waals surface area (Å²) in [5, 5.41) is 0. The van der Waals surface area contributed by atoms with Crippen LogP contribution in [0.2, 0.25) is 0 Å². The van der Waals surface area contributed by atoms with Crippen LogP contribution in [0.4, 0.5) is 0 Å². The summed E-state index contributed by atoms with van der Waals surface area (Å²) in [6, 6.07) is 8.26. The number of carbonyl (C=O) groups excluding carboxylic acids is 4. The van der Waals surface area contributed by atoms with Crippen molar-refractivity contribution in [1.29, 1.82) is 0 Å². The van der Waals surface area contributed by atoms with Crippen molar-refractivity contribution in [2.45, 2.75) is 41.5 Å². The van der Waals surface area contributed by atoms with Gasteiger partial charge in [0.05, 0.1) is 17.9 Å². The highest BCUT2D eigenvalue weighted by atomic mass is 16.6. The number of benzene rings is 1. The van der Waals surface area contributed by atoms with Gasteiger partial charge in [0.25, 0.3) is 0 Å². The van der Waals surface area contributed by atoms with Crippen molar-refractivity contribution >= 4 is 29.6 Å². The van der Waals surface area contributed by atoms with Gasteiger partial charge in [-0.2, -0.15) is 0 Å². The zero-order valence-electron chi connectivity index (χ0n) is 17.2. The van der Waals surface area contributed by atoms with Crippen molar-refractivity contribution in [2.75, 3.05) is 7.11 Å². The molecule has 0 spiro atoms. The van der Waals surface area contributed by atoms with E-state index in [1.54, 1.807) is 71.9 Å². The lowest BCUT2D eigenvalue weighted by molar-refractivity contribution is -0.166. The van der Waals surface area contributed by atoms with E-state index in [4.69, 9.17) is 14.2 Å². The second kappa shape index (κ2) is 8.82. The molecule has 1 aromatic carbocycles. The van der Waals surface area contributed by atoms with Gasteiger partial charge in [-0.05, 0) is 41.5 Å². The highest BCUT2D eigenvalue weighted by molar-refractivity contribution is 6.22. The molecule has 0 saturated carbocycles. The first-order chi connectivity index (χ1) is 12.8. The standard InChI is InChI=1S/C21H26O7/c1-20(2,3)18(24)27-16(22)14(17(23)28-19(25)21(4,5)6)15(26-7)13-11-9-8-10-12-13/h8-12H,1-7H3. The van der Waals surface area contributed by atoms with E-state index in [9.17, 15) is 19.2 Å². The van der Waals surface area contributed by atoms with E-state index in [1.165, 1.54) is 7.11 Å². The van der Waals surface area contributed by atoms with Crippen LogP contribution in [0.15, 0.2) is 35.9 Å². The van der Waals surface area contributed by atoms with E-state index in [-0.39, 0.29) is 5.76 Å². The van der Waals surface area contributed by atoms with Crippen LogP contribution >= 0.6 is 0 Å². The van der Waals surface area contributed by atoms with Gasteiger partial charge in [-0.1, -0.05) is 30.3 Å². The normalized spacial score (nSPS) is 11.2. The van der Waals surface area contributed by atoms with Crippen molar-refractivity contribution in [2.24, 2.45) is 10.8 Å². The van der Waals surface area contributed by atoms with Gasteiger partial charge in [-0.25, -0.2) is 9.59 Å². The maximum atomic E-state index is 12.7. The molecular formula is C21H26O7. The van der Waals surface area contributed by atoms with Crippen LogP contribution in [0.1, 0.15) is 47.1 Å². The molecule has 0 N–H and O–H groups in total. The lowest BCUT2D eigenvalue weighted by Gasteiger charge is -2.19. The van der Waals surface area contributed by atoms with Gasteiger partial charge >= 0.3 is 23.9 Å². The third-order valence-electron chi connectivity index (χ3n) is 3.47. The van der Waals surface area contributed by atoms with Crippen LogP contribution < -0.4 is 0 Å². The van der Waals surface area contributed by atoms with Crippen LogP contribution in [0, 0.1) is 10.8 Å². The average molecular weight is 390 g/mol. The molecule has 0 aliphatic rings. The van der Waals surface area contributed by atoms with E-state index in [1.807, 2.05) is 0 Å². The van der Waals surface area contributed by atoms with Crippen LogP contribution in [0.3, 0.4) is 0 Å². The third kappa shape index (κ3) is 6.04. The predicted molar refractivity (Wildman–Crippen MR) is 101 cm³/mol. The first kappa shape index (κ1) is 23.1. The van der Waals surface area contributed by atoms with Crippen molar-refractivity contribution < 1.29 is 33.4 Å². The molecule has 0 aromatic heterocycles. The highest BCUT2D eigenvalue weighted by Gasteiger charge is 2.36. The van der Waals surface area contributed by atoms with Crippen molar-refractivity contribution in [3.05, 3.63) is 41.5 Å². The lowest BCUT2D eigenvalue weighted by atomic mass is 9.97.